The van der Waals surface area contributed by atoms with Crippen LogP contribution in [-0.4, -0.2) is 14.9 Å². The average Bonchev–Trinajstić information content (AvgIpc) is 2.64. The molecule has 0 aliphatic carbocycles. The summed E-state index contributed by atoms with van der Waals surface area (Å²) in [6, 6.07) is 5.52. The molecule has 0 aromatic heterocycles. The van der Waals surface area contributed by atoms with Crippen molar-refractivity contribution in [3.63, 3.8) is 0 Å². The number of hydrogen-bond acceptors (Lipinski definition) is 2. The fourth-order valence-electron chi connectivity index (χ4n) is 1.80. The quantitative estimate of drug-likeness (QED) is 0.591. The Hall–Kier alpha value is -2.17. The Morgan fingerprint density at radius 1 is 1.19 bits per heavy atom. The van der Waals surface area contributed by atoms with Crippen molar-refractivity contribution in [3.8, 4) is 11.4 Å². The van der Waals surface area contributed by atoms with Gasteiger partial charge >= 0.3 is 0 Å². The molecule has 80 valence electrons. The van der Waals surface area contributed by atoms with Crippen LogP contribution in [0, 0.1) is 11.6 Å². The second-order valence-electron chi connectivity index (χ2n) is 3.46. The summed E-state index contributed by atoms with van der Waals surface area (Å²) in [5, 5.41) is 9.57. The lowest BCUT2D eigenvalue weighted by Crippen LogP contribution is -1.96. The van der Waals surface area contributed by atoms with Crippen LogP contribution in [0.2, 0.25) is 0 Å². The predicted octanol–water partition coefficient (Wildman–Crippen LogP) is 2.66. The predicted molar refractivity (Wildman–Crippen MR) is 53.5 cm³/mol. The summed E-state index contributed by atoms with van der Waals surface area (Å²) in [6.45, 7) is 0. The maximum Gasteiger partial charge on any atom is 0.176 e. The molecule has 16 heavy (non-hydrogen) atoms. The van der Waals surface area contributed by atoms with Gasteiger partial charge in [-0.2, -0.15) is 4.73 Å². The zero-order chi connectivity index (χ0) is 11.3. The molecular formula is C11H6F2N2O. The smallest absolute Gasteiger partial charge is 0.176 e. The Balaban J connectivity index is 2.55. The zero-order valence-corrected chi connectivity index (χ0v) is 7.98. The fraction of sp³-hybridized carbons (Fsp3) is 0. The number of halogens is 2. The van der Waals surface area contributed by atoms with Crippen molar-refractivity contribution in [1.29, 1.82) is 0 Å². The molecule has 0 saturated carbocycles. The van der Waals surface area contributed by atoms with Crippen LogP contribution in [0.5, 0.6) is 0 Å². The molecule has 2 aliphatic rings. The molecule has 0 spiro atoms. The van der Waals surface area contributed by atoms with Gasteiger partial charge in [0.15, 0.2) is 17.5 Å². The lowest BCUT2D eigenvalue weighted by molar-refractivity contribution is 0.187. The van der Waals surface area contributed by atoms with Gasteiger partial charge in [-0.25, -0.2) is 13.8 Å². The van der Waals surface area contributed by atoms with Gasteiger partial charge in [-0.1, -0.05) is 0 Å². The van der Waals surface area contributed by atoms with Crippen molar-refractivity contribution < 1.29 is 14.0 Å². The van der Waals surface area contributed by atoms with Crippen LogP contribution in [-0.2, 0) is 0 Å². The van der Waals surface area contributed by atoms with Crippen LogP contribution in [0.25, 0.3) is 22.3 Å². The minimum absolute atomic E-state index is 0.0957. The fourth-order valence-corrected chi connectivity index (χ4v) is 1.80. The SMILES string of the molecule is On1cccc2c3c(F)c(F)ccc3nc1-2. The molecule has 1 N–H and O–H groups in total. The van der Waals surface area contributed by atoms with Crippen LogP contribution in [0.15, 0.2) is 30.5 Å². The first-order valence-corrected chi connectivity index (χ1v) is 4.62. The van der Waals surface area contributed by atoms with E-state index >= 15 is 0 Å². The highest BCUT2D eigenvalue weighted by molar-refractivity contribution is 5.96. The summed E-state index contributed by atoms with van der Waals surface area (Å²) in [6.07, 6.45) is 1.38. The van der Waals surface area contributed by atoms with Gasteiger partial charge in [0.2, 0.25) is 0 Å². The van der Waals surface area contributed by atoms with E-state index in [0.29, 0.717) is 11.1 Å². The molecule has 0 saturated heterocycles. The van der Waals surface area contributed by atoms with Crippen LogP contribution in [0.1, 0.15) is 0 Å². The molecule has 0 radical (unpaired) electrons. The summed E-state index contributed by atoms with van der Waals surface area (Å²) < 4.78 is 27.5. The van der Waals surface area contributed by atoms with Crippen molar-refractivity contribution in [2.45, 2.75) is 0 Å². The maximum absolute atomic E-state index is 13.6. The van der Waals surface area contributed by atoms with Gasteiger partial charge in [-0.05, 0) is 24.3 Å². The number of hydrogen-bond donors (Lipinski definition) is 1. The molecule has 0 unspecified atom stereocenters. The highest BCUT2D eigenvalue weighted by atomic mass is 19.2. The summed E-state index contributed by atoms with van der Waals surface area (Å²) in [4.78, 5) is 4.02. The van der Waals surface area contributed by atoms with Gasteiger partial charge in [0, 0.05) is 11.8 Å². The first-order chi connectivity index (χ1) is 7.68. The lowest BCUT2D eigenvalue weighted by atomic mass is 10.1. The normalized spacial score (nSPS) is 11.4. The van der Waals surface area contributed by atoms with Gasteiger partial charge in [0.1, 0.15) is 0 Å². The first kappa shape index (κ1) is 9.08. The van der Waals surface area contributed by atoms with Crippen molar-refractivity contribution in [3.05, 3.63) is 42.1 Å². The highest BCUT2D eigenvalue weighted by Gasteiger charge is 2.19. The molecule has 2 heterocycles. The molecule has 0 bridgehead atoms. The second kappa shape index (κ2) is 2.91. The number of fused-ring (bicyclic) bond motifs is 3. The zero-order valence-electron chi connectivity index (χ0n) is 7.98. The van der Waals surface area contributed by atoms with E-state index in [0.717, 1.165) is 10.8 Å². The Bertz CT molecular complexity index is 663. The van der Waals surface area contributed by atoms with Crippen LogP contribution in [0.3, 0.4) is 0 Å². The molecule has 0 amide bonds. The van der Waals surface area contributed by atoms with Gasteiger partial charge < -0.3 is 5.21 Å². The molecule has 3 rings (SSSR count). The molecular weight excluding hydrogens is 214 g/mol. The van der Waals surface area contributed by atoms with Crippen molar-refractivity contribution in [2.24, 2.45) is 0 Å². The van der Waals surface area contributed by atoms with E-state index in [1.54, 1.807) is 6.07 Å². The molecule has 2 aliphatic heterocycles. The number of aromatic nitrogens is 2. The van der Waals surface area contributed by atoms with Crippen molar-refractivity contribution >= 4 is 10.9 Å². The minimum Gasteiger partial charge on any atom is -0.427 e. The molecule has 0 atom stereocenters. The van der Waals surface area contributed by atoms with E-state index in [1.807, 2.05) is 0 Å². The van der Waals surface area contributed by atoms with E-state index in [4.69, 9.17) is 0 Å². The van der Waals surface area contributed by atoms with E-state index in [-0.39, 0.29) is 11.2 Å². The summed E-state index contributed by atoms with van der Waals surface area (Å²) in [5.74, 6) is -1.65. The Kier molecular flexibility index (Phi) is 1.65. The number of benzene rings is 1. The van der Waals surface area contributed by atoms with Gasteiger partial charge in [0.05, 0.1) is 10.9 Å². The van der Waals surface area contributed by atoms with E-state index < -0.39 is 11.6 Å². The van der Waals surface area contributed by atoms with E-state index in [1.165, 1.54) is 18.3 Å². The van der Waals surface area contributed by atoms with E-state index in [9.17, 15) is 14.0 Å². The average molecular weight is 220 g/mol. The summed E-state index contributed by atoms with van der Waals surface area (Å²) >= 11 is 0. The molecule has 1 aromatic carbocycles. The van der Waals surface area contributed by atoms with Gasteiger partial charge in [-0.15, -0.1) is 0 Å². The number of pyridine rings is 1. The molecule has 1 aromatic rings. The van der Waals surface area contributed by atoms with Crippen molar-refractivity contribution in [1.82, 2.24) is 9.71 Å². The van der Waals surface area contributed by atoms with Crippen molar-refractivity contribution in [2.75, 3.05) is 0 Å². The standard InChI is InChI=1S/C11H6F2N2O/c12-7-3-4-8-9(10(7)13)6-2-1-5-15(16)11(6)14-8/h1-5,16H. The third kappa shape index (κ3) is 1.02. The lowest BCUT2D eigenvalue weighted by Gasteiger charge is -2.02. The topological polar surface area (TPSA) is 38.0 Å². The Morgan fingerprint density at radius 2 is 2.00 bits per heavy atom. The molecule has 5 heteroatoms. The monoisotopic (exact) mass is 220 g/mol. The third-order valence-electron chi connectivity index (χ3n) is 2.52. The largest absolute Gasteiger partial charge is 0.427 e. The maximum atomic E-state index is 13.6. The first-order valence-electron chi connectivity index (χ1n) is 4.62. The van der Waals surface area contributed by atoms with Crippen LogP contribution < -0.4 is 0 Å². The van der Waals surface area contributed by atoms with Crippen LogP contribution >= 0.6 is 0 Å². The second-order valence-corrected chi connectivity index (χ2v) is 3.46. The summed E-state index contributed by atoms with van der Waals surface area (Å²) in [5.41, 5.74) is 0.708. The highest BCUT2D eigenvalue weighted by Crippen LogP contribution is 2.32. The van der Waals surface area contributed by atoms with Crippen LogP contribution in [0.4, 0.5) is 8.78 Å². The van der Waals surface area contributed by atoms with E-state index in [2.05, 4.69) is 4.98 Å². The number of rotatable bonds is 0. The van der Waals surface area contributed by atoms with Gasteiger partial charge in [-0.3, -0.25) is 0 Å². The molecule has 0 fully saturated rings. The minimum atomic E-state index is -0.939. The molecule has 3 nitrogen and oxygen atoms in total. The Labute approximate surface area is 88.9 Å². The van der Waals surface area contributed by atoms with Gasteiger partial charge in [0.25, 0.3) is 0 Å². The number of nitrogens with zero attached hydrogens (tertiary/aromatic N) is 2. The Morgan fingerprint density at radius 3 is 2.81 bits per heavy atom. The summed E-state index contributed by atoms with van der Waals surface area (Å²) in [7, 11) is 0. The third-order valence-corrected chi connectivity index (χ3v) is 2.52.